The van der Waals surface area contributed by atoms with Crippen molar-refractivity contribution in [3.05, 3.63) is 121 Å². The first kappa shape index (κ1) is 34.4. The van der Waals surface area contributed by atoms with E-state index in [1.54, 1.807) is 13.3 Å². The van der Waals surface area contributed by atoms with Gasteiger partial charge in [0.2, 0.25) is 0 Å². The number of halogens is 2. The third-order valence-corrected chi connectivity index (χ3v) is 14.8. The third kappa shape index (κ3) is 6.17. The summed E-state index contributed by atoms with van der Waals surface area (Å²) in [4.78, 5) is 0. The van der Waals surface area contributed by atoms with Gasteiger partial charge in [-0.1, -0.05) is 0 Å². The van der Waals surface area contributed by atoms with Gasteiger partial charge in [0.05, 0.1) is 0 Å². The van der Waals surface area contributed by atoms with Gasteiger partial charge in [-0.05, 0) is 0 Å². The first-order valence-corrected chi connectivity index (χ1v) is 18.1. The second-order valence-electron chi connectivity index (χ2n) is 12.7. The molecule has 0 aliphatic heterocycles. The van der Waals surface area contributed by atoms with Crippen LogP contribution in [0.4, 0.5) is 0 Å². The number of rotatable bonds is 6. The topological polar surface area (TPSA) is 0 Å². The van der Waals surface area contributed by atoms with Crippen LogP contribution in [0.2, 0.25) is 0 Å². The van der Waals surface area contributed by atoms with Gasteiger partial charge in [0, 0.05) is 0 Å². The van der Waals surface area contributed by atoms with Crippen molar-refractivity contribution >= 4 is 7.68 Å². The van der Waals surface area contributed by atoms with Crippen LogP contribution in [0, 0.1) is 41.5 Å². The molecule has 0 atom stereocenters. The summed E-state index contributed by atoms with van der Waals surface area (Å²) in [5.74, 6) is 0. The van der Waals surface area contributed by atoms with E-state index in [-0.39, 0.29) is 24.8 Å². The van der Waals surface area contributed by atoms with E-state index in [0.29, 0.717) is 0 Å². The fourth-order valence-electron chi connectivity index (χ4n) is 7.89. The Balaban J connectivity index is 0.00000221. The van der Waals surface area contributed by atoms with Crippen LogP contribution in [0.15, 0.2) is 76.7 Å². The van der Waals surface area contributed by atoms with Crippen molar-refractivity contribution < 1.29 is 42.2 Å². The number of fused-ring (bicyclic) bond motifs is 3. The summed E-state index contributed by atoms with van der Waals surface area (Å²) in [5, 5.41) is 0. The molecule has 0 fully saturated rings. The Morgan fingerprint density at radius 2 is 1.20 bits per heavy atom. The summed E-state index contributed by atoms with van der Waals surface area (Å²) in [7, 11) is 0. The summed E-state index contributed by atoms with van der Waals surface area (Å²) in [6, 6.07) is 21.9. The second kappa shape index (κ2) is 13.9. The molecule has 2 aliphatic carbocycles. The monoisotopic (exact) mass is 654 g/mol. The van der Waals surface area contributed by atoms with Crippen LogP contribution in [0.25, 0.3) is 33.4 Å². The molecule has 0 unspecified atom stereocenters. The molecule has 4 aromatic rings. The summed E-state index contributed by atoms with van der Waals surface area (Å²) in [5.41, 5.74) is 19.8. The second-order valence-corrected chi connectivity index (χ2v) is 16.8. The standard InChI is InChI=1S/C31H29.C5H5.C5H10.2ClH.Ti/c1-18-11-20(3)30(21(4)12-18)26-9-7-24-15-25-8-10-27(17-29(25)28(24)16-26)31-22(5)13-19(2)14-23(31)6;1-2-4-5-3-1;1-3-5-4-2;;;/h7,9-14,16-17H,15H2,1-6H3;1-3H,4H2;3-4H2,1-2H3;2*1H;/q;;;;;+2/p-2. The normalized spacial score (nSPS) is 12.5. The maximum Gasteiger partial charge on any atom is -1.00 e. The molecule has 0 saturated heterocycles. The minimum Gasteiger partial charge on any atom is -1.00 e. The van der Waals surface area contributed by atoms with Gasteiger partial charge in [-0.15, -0.1) is 0 Å². The Labute approximate surface area is 283 Å². The fourth-order valence-corrected chi connectivity index (χ4v) is 13.0. The van der Waals surface area contributed by atoms with Gasteiger partial charge in [-0.25, -0.2) is 0 Å². The van der Waals surface area contributed by atoms with Crippen LogP contribution in [-0.4, -0.2) is 3.81 Å². The van der Waals surface area contributed by atoms with Crippen molar-refractivity contribution in [1.29, 1.82) is 0 Å². The Morgan fingerprint density at radius 1 is 0.659 bits per heavy atom. The van der Waals surface area contributed by atoms with Gasteiger partial charge in [-0.3, -0.25) is 0 Å². The van der Waals surface area contributed by atoms with Crippen molar-refractivity contribution in [2.45, 2.75) is 81.1 Å². The first-order valence-electron chi connectivity index (χ1n) is 15.7. The number of benzene rings is 4. The Bertz CT molecular complexity index is 1800. The van der Waals surface area contributed by atoms with Gasteiger partial charge < -0.3 is 24.8 Å². The van der Waals surface area contributed by atoms with Crippen molar-refractivity contribution in [3.8, 4) is 33.4 Å². The molecule has 0 nitrogen and oxygen atoms in total. The van der Waals surface area contributed by atoms with Crippen molar-refractivity contribution in [2.75, 3.05) is 0 Å². The Kier molecular flexibility index (Phi) is 10.9. The predicted molar refractivity (Wildman–Crippen MR) is 181 cm³/mol. The van der Waals surface area contributed by atoms with Crippen LogP contribution in [0.3, 0.4) is 0 Å². The molecule has 4 aromatic carbocycles. The Morgan fingerprint density at radius 3 is 1.73 bits per heavy atom. The van der Waals surface area contributed by atoms with Gasteiger partial charge in [0.25, 0.3) is 0 Å². The minimum absolute atomic E-state index is 0. The quantitative estimate of drug-likeness (QED) is 0.236. The SMILES string of the molecule is CC[C](CC)=[Ti+2]([C]1=CC=CC1)[c]1cc(-c2c(C)cc(C)cc2C)cc2c1Cc1ccc(-c3c(C)cc(C)cc3C)cc1-2.[Cl-].[Cl-]. The zero-order valence-corrected chi connectivity index (χ0v) is 30.6. The molecular formula is C41H44Cl2Ti. The average Bonchev–Trinajstić information content (AvgIpc) is 3.58. The minimum atomic E-state index is -1.88. The van der Waals surface area contributed by atoms with Crippen LogP contribution in [0.5, 0.6) is 0 Å². The summed E-state index contributed by atoms with van der Waals surface area (Å²) < 4.78 is 5.22. The average molecular weight is 656 g/mol. The number of allylic oxidation sites excluding steroid dienone is 4. The van der Waals surface area contributed by atoms with Crippen molar-refractivity contribution in [3.63, 3.8) is 0 Å². The van der Waals surface area contributed by atoms with E-state index in [0.717, 1.165) is 12.8 Å². The molecule has 0 aromatic heterocycles. The van der Waals surface area contributed by atoms with Gasteiger partial charge >= 0.3 is 261 Å². The number of aryl methyl sites for hydroxylation is 6. The largest absolute Gasteiger partial charge is 1.00 e. The van der Waals surface area contributed by atoms with Gasteiger partial charge in [0.1, 0.15) is 0 Å². The van der Waals surface area contributed by atoms with E-state index >= 15 is 0 Å². The molecule has 0 radical (unpaired) electrons. The van der Waals surface area contributed by atoms with Crippen LogP contribution < -0.4 is 28.7 Å². The summed E-state index contributed by atoms with van der Waals surface area (Å²) >= 11 is -1.88. The van der Waals surface area contributed by atoms with E-state index in [9.17, 15) is 0 Å². The molecular weight excluding hydrogens is 611 g/mol. The summed E-state index contributed by atoms with van der Waals surface area (Å²) in [6.07, 6.45) is 11.7. The molecule has 44 heavy (non-hydrogen) atoms. The molecule has 226 valence electrons. The van der Waals surface area contributed by atoms with E-state index in [2.05, 4.69) is 128 Å². The van der Waals surface area contributed by atoms with E-state index in [1.165, 1.54) is 85.2 Å². The smallest absolute Gasteiger partial charge is 1.00 e. The molecule has 0 bridgehead atoms. The van der Waals surface area contributed by atoms with E-state index < -0.39 is 17.4 Å². The molecule has 0 heterocycles. The third-order valence-electron chi connectivity index (χ3n) is 9.52. The van der Waals surface area contributed by atoms with Crippen molar-refractivity contribution in [1.82, 2.24) is 0 Å². The predicted octanol–water partition coefficient (Wildman–Crippen LogP) is 4.53. The Hall–Kier alpha value is -2.48. The molecule has 0 amide bonds. The van der Waals surface area contributed by atoms with Crippen LogP contribution in [0.1, 0.15) is 77.6 Å². The van der Waals surface area contributed by atoms with Gasteiger partial charge in [-0.2, -0.15) is 0 Å². The number of hydrogen-bond donors (Lipinski definition) is 0. The molecule has 6 rings (SSSR count). The van der Waals surface area contributed by atoms with E-state index in [1.807, 2.05) is 3.81 Å². The number of hydrogen-bond acceptors (Lipinski definition) is 0. The van der Waals surface area contributed by atoms with Crippen molar-refractivity contribution in [2.24, 2.45) is 0 Å². The zero-order valence-electron chi connectivity index (χ0n) is 27.5. The van der Waals surface area contributed by atoms with Gasteiger partial charge in [0.15, 0.2) is 0 Å². The molecule has 2 aliphatic rings. The summed E-state index contributed by atoms with van der Waals surface area (Å²) in [6.45, 7) is 18.3. The maximum atomic E-state index is 2.64. The van der Waals surface area contributed by atoms with Crippen LogP contribution >= 0.6 is 0 Å². The molecule has 3 heteroatoms. The first-order chi connectivity index (χ1) is 20.2. The molecule has 0 saturated carbocycles. The van der Waals surface area contributed by atoms with E-state index in [4.69, 9.17) is 0 Å². The van der Waals surface area contributed by atoms with Crippen LogP contribution in [-0.2, 0) is 23.8 Å². The molecule has 0 N–H and O–H groups in total. The zero-order chi connectivity index (χ0) is 29.7. The molecule has 0 spiro atoms. The maximum absolute atomic E-state index is 2.64. The fraction of sp³-hybridized carbons (Fsp3) is 0.293.